The molecule has 0 bridgehead atoms. The van der Waals surface area contributed by atoms with E-state index in [9.17, 15) is 12.8 Å². The van der Waals surface area contributed by atoms with Crippen molar-refractivity contribution in [2.75, 3.05) is 26.9 Å². The zero-order valence-corrected chi connectivity index (χ0v) is 15.3. The van der Waals surface area contributed by atoms with Crippen LogP contribution >= 0.6 is 0 Å². The van der Waals surface area contributed by atoms with Gasteiger partial charge in [0, 0.05) is 25.3 Å². The molecule has 1 heterocycles. The summed E-state index contributed by atoms with van der Waals surface area (Å²) in [6, 6.07) is 10.5. The summed E-state index contributed by atoms with van der Waals surface area (Å²) in [5.74, 6) is 0.418. The fourth-order valence-corrected chi connectivity index (χ4v) is 3.82. The van der Waals surface area contributed by atoms with Gasteiger partial charge in [0.15, 0.2) is 11.5 Å². The number of ether oxygens (including phenoxy) is 3. The van der Waals surface area contributed by atoms with Gasteiger partial charge in [-0.3, -0.25) is 0 Å². The maximum atomic E-state index is 14.1. The van der Waals surface area contributed by atoms with E-state index in [2.05, 4.69) is 4.72 Å². The van der Waals surface area contributed by atoms with Gasteiger partial charge in [0.2, 0.25) is 10.0 Å². The lowest BCUT2D eigenvalue weighted by Crippen LogP contribution is -2.40. The predicted octanol–water partition coefficient (Wildman–Crippen LogP) is 2.44. The van der Waals surface area contributed by atoms with Gasteiger partial charge in [-0.15, -0.1) is 0 Å². The van der Waals surface area contributed by atoms with Crippen LogP contribution in [0.3, 0.4) is 0 Å². The summed E-state index contributed by atoms with van der Waals surface area (Å²) < 4.78 is 58.1. The largest absolute Gasteiger partial charge is 0.486 e. The van der Waals surface area contributed by atoms with Gasteiger partial charge < -0.3 is 14.2 Å². The molecule has 6 nitrogen and oxygen atoms in total. The van der Waals surface area contributed by atoms with Crippen LogP contribution in [0.25, 0.3) is 0 Å². The first-order valence-electron chi connectivity index (χ1n) is 8.05. The van der Waals surface area contributed by atoms with Crippen molar-refractivity contribution in [2.45, 2.75) is 17.4 Å². The van der Waals surface area contributed by atoms with E-state index < -0.39 is 21.4 Å². The van der Waals surface area contributed by atoms with Crippen LogP contribution in [0.1, 0.15) is 12.5 Å². The van der Waals surface area contributed by atoms with Crippen molar-refractivity contribution in [3.63, 3.8) is 0 Å². The van der Waals surface area contributed by atoms with Crippen LogP contribution in [0.2, 0.25) is 0 Å². The second kappa shape index (κ2) is 7.22. The molecule has 2 aromatic rings. The molecule has 0 aromatic heterocycles. The second-order valence-corrected chi connectivity index (χ2v) is 7.81. The number of benzene rings is 2. The smallest absolute Gasteiger partial charge is 0.240 e. The minimum atomic E-state index is -3.85. The van der Waals surface area contributed by atoms with E-state index >= 15 is 0 Å². The van der Waals surface area contributed by atoms with Crippen molar-refractivity contribution < 1.29 is 27.0 Å². The number of rotatable bonds is 6. The fourth-order valence-electron chi connectivity index (χ4n) is 2.67. The Hall–Kier alpha value is -2.16. The highest BCUT2D eigenvalue weighted by molar-refractivity contribution is 7.89. The SMILES string of the molecule is CO[C@](C)(CNS(=O)(=O)c1ccc2c(c1)OCCO2)c1ccccc1F. The molecule has 1 aliphatic heterocycles. The summed E-state index contributed by atoms with van der Waals surface area (Å²) >= 11 is 0. The zero-order valence-electron chi connectivity index (χ0n) is 14.5. The molecule has 1 aliphatic rings. The molecule has 26 heavy (non-hydrogen) atoms. The molecule has 0 saturated carbocycles. The number of halogens is 1. The normalized spacial score (nSPS) is 16.1. The number of hydrogen-bond acceptors (Lipinski definition) is 5. The average Bonchev–Trinajstić information content (AvgIpc) is 2.66. The van der Waals surface area contributed by atoms with Gasteiger partial charge in [0.1, 0.15) is 24.6 Å². The Balaban J connectivity index is 1.82. The van der Waals surface area contributed by atoms with Crippen LogP contribution in [0, 0.1) is 5.82 Å². The van der Waals surface area contributed by atoms with E-state index in [-0.39, 0.29) is 17.0 Å². The lowest BCUT2D eigenvalue weighted by molar-refractivity contribution is 0.00410. The Morgan fingerprint density at radius 2 is 1.85 bits per heavy atom. The molecule has 2 aromatic carbocycles. The summed E-state index contributed by atoms with van der Waals surface area (Å²) in [5, 5.41) is 0. The molecule has 8 heteroatoms. The predicted molar refractivity (Wildman–Crippen MR) is 93.4 cm³/mol. The van der Waals surface area contributed by atoms with Crippen LogP contribution in [0.4, 0.5) is 4.39 Å². The third-order valence-electron chi connectivity index (χ3n) is 4.32. The highest BCUT2D eigenvalue weighted by atomic mass is 32.2. The molecule has 1 atom stereocenters. The molecule has 0 saturated heterocycles. The molecule has 0 fully saturated rings. The minimum Gasteiger partial charge on any atom is -0.486 e. The number of fused-ring (bicyclic) bond motifs is 1. The Morgan fingerprint density at radius 1 is 1.15 bits per heavy atom. The van der Waals surface area contributed by atoms with Crippen molar-refractivity contribution in [1.82, 2.24) is 4.72 Å². The Labute approximate surface area is 151 Å². The van der Waals surface area contributed by atoms with Gasteiger partial charge >= 0.3 is 0 Å². The van der Waals surface area contributed by atoms with E-state index in [1.165, 1.54) is 25.3 Å². The number of methoxy groups -OCH3 is 1. The van der Waals surface area contributed by atoms with Crippen molar-refractivity contribution in [2.24, 2.45) is 0 Å². The van der Waals surface area contributed by atoms with E-state index in [4.69, 9.17) is 14.2 Å². The molecule has 1 N–H and O–H groups in total. The molecule has 0 amide bonds. The van der Waals surface area contributed by atoms with E-state index in [0.29, 0.717) is 24.7 Å². The van der Waals surface area contributed by atoms with Gasteiger partial charge in [0.05, 0.1) is 4.90 Å². The summed E-state index contributed by atoms with van der Waals surface area (Å²) in [7, 11) is -2.44. The Morgan fingerprint density at radius 3 is 2.54 bits per heavy atom. The topological polar surface area (TPSA) is 73.9 Å². The van der Waals surface area contributed by atoms with E-state index in [1.807, 2.05) is 0 Å². The maximum absolute atomic E-state index is 14.1. The average molecular weight is 381 g/mol. The van der Waals surface area contributed by atoms with Gasteiger partial charge in [-0.25, -0.2) is 17.5 Å². The third kappa shape index (κ3) is 3.67. The highest BCUT2D eigenvalue weighted by Crippen LogP contribution is 2.32. The standard InChI is InChI=1S/C18H20FNO5S/c1-18(23-2,14-5-3-4-6-15(14)19)12-20-26(21,22)13-7-8-16-17(11-13)25-10-9-24-16/h3-8,11,20H,9-10,12H2,1-2H3/t18-/m1/s1. The van der Waals surface area contributed by atoms with Crippen molar-refractivity contribution >= 4 is 10.0 Å². The van der Waals surface area contributed by atoms with Gasteiger partial charge in [-0.2, -0.15) is 0 Å². The Kier molecular flexibility index (Phi) is 5.17. The van der Waals surface area contributed by atoms with Crippen molar-refractivity contribution in [1.29, 1.82) is 0 Å². The molecule has 0 radical (unpaired) electrons. The summed E-state index contributed by atoms with van der Waals surface area (Å²) in [6.07, 6.45) is 0. The molecule has 0 unspecified atom stereocenters. The van der Waals surface area contributed by atoms with Crippen LogP contribution in [-0.4, -0.2) is 35.3 Å². The molecule has 0 aliphatic carbocycles. The van der Waals surface area contributed by atoms with Gasteiger partial charge in [-0.05, 0) is 25.1 Å². The molecular weight excluding hydrogens is 361 g/mol. The van der Waals surface area contributed by atoms with E-state index in [1.54, 1.807) is 31.2 Å². The van der Waals surface area contributed by atoms with Crippen LogP contribution in [0.15, 0.2) is 47.4 Å². The molecular formula is C18H20FNO5S. The number of hydrogen-bond donors (Lipinski definition) is 1. The zero-order chi connectivity index (χ0) is 18.8. The monoisotopic (exact) mass is 381 g/mol. The summed E-state index contributed by atoms with van der Waals surface area (Å²) in [6.45, 7) is 2.27. The van der Waals surface area contributed by atoms with Gasteiger partial charge in [-0.1, -0.05) is 18.2 Å². The quantitative estimate of drug-likeness (QED) is 0.832. The fraction of sp³-hybridized carbons (Fsp3) is 0.333. The molecule has 0 spiro atoms. The van der Waals surface area contributed by atoms with Crippen LogP contribution in [0.5, 0.6) is 11.5 Å². The Bertz CT molecular complexity index is 902. The van der Waals surface area contributed by atoms with Gasteiger partial charge in [0.25, 0.3) is 0 Å². The number of nitrogens with one attached hydrogen (secondary N) is 1. The lowest BCUT2D eigenvalue weighted by Gasteiger charge is -2.29. The third-order valence-corrected chi connectivity index (χ3v) is 5.72. The maximum Gasteiger partial charge on any atom is 0.240 e. The first-order chi connectivity index (χ1) is 12.4. The van der Waals surface area contributed by atoms with E-state index in [0.717, 1.165) is 0 Å². The summed E-state index contributed by atoms with van der Waals surface area (Å²) in [4.78, 5) is 0.0359. The lowest BCUT2D eigenvalue weighted by atomic mass is 9.95. The molecule has 3 rings (SSSR count). The highest BCUT2D eigenvalue weighted by Gasteiger charge is 2.31. The second-order valence-electron chi connectivity index (χ2n) is 6.04. The number of sulfonamides is 1. The first-order valence-corrected chi connectivity index (χ1v) is 9.53. The van der Waals surface area contributed by atoms with Crippen LogP contribution < -0.4 is 14.2 Å². The van der Waals surface area contributed by atoms with Crippen LogP contribution in [-0.2, 0) is 20.4 Å². The first kappa shape index (κ1) is 18.6. The van der Waals surface area contributed by atoms with Crippen molar-refractivity contribution in [3.05, 3.63) is 53.8 Å². The minimum absolute atomic E-state index is 0.0359. The summed E-state index contributed by atoms with van der Waals surface area (Å²) in [5.41, 5.74) is -0.890. The van der Waals surface area contributed by atoms with Crippen molar-refractivity contribution in [3.8, 4) is 11.5 Å². The molecule has 140 valence electrons.